The number of ether oxygens (including phenoxy) is 1. The second-order valence-electron chi connectivity index (χ2n) is 8.88. The van der Waals surface area contributed by atoms with Crippen LogP contribution in [-0.4, -0.2) is 54.2 Å². The van der Waals surface area contributed by atoms with Crippen LogP contribution in [0.1, 0.15) is 21.9 Å². The minimum absolute atomic E-state index is 0.153. The predicted octanol–water partition coefficient (Wildman–Crippen LogP) is 4.98. The summed E-state index contributed by atoms with van der Waals surface area (Å²) in [6.07, 6.45) is 0. The monoisotopic (exact) mass is 550 g/mol. The van der Waals surface area contributed by atoms with E-state index in [4.69, 9.17) is 9.84 Å². The van der Waals surface area contributed by atoms with Gasteiger partial charge < -0.3 is 10.1 Å². The van der Waals surface area contributed by atoms with Crippen LogP contribution in [0.5, 0.6) is 0 Å². The van der Waals surface area contributed by atoms with Gasteiger partial charge in [0.1, 0.15) is 23.9 Å². The smallest absolute Gasteiger partial charge is 0.240 e. The number of carbonyl (C=O) groups is 2. The number of nitrogens with one attached hydrogen (secondary N) is 1. The Morgan fingerprint density at radius 1 is 1.16 bits per heavy atom. The van der Waals surface area contributed by atoms with Gasteiger partial charge in [-0.3, -0.25) is 14.5 Å². The highest BCUT2D eigenvalue weighted by molar-refractivity contribution is 8.00. The number of aromatic nitrogens is 2. The minimum atomic E-state index is -0.327. The van der Waals surface area contributed by atoms with Crippen LogP contribution >= 0.6 is 23.1 Å². The maximum atomic E-state index is 13.8. The SMILES string of the molecule is COCCNC(=O)CN1C(=O)CS[C@@H](c2ccc(F)cc2)c2c(-c3cccs3)nn(-c3ccc(C)cc3)c21. The van der Waals surface area contributed by atoms with Gasteiger partial charge in [0.25, 0.3) is 0 Å². The maximum Gasteiger partial charge on any atom is 0.240 e. The van der Waals surface area contributed by atoms with Crippen LogP contribution in [0.15, 0.2) is 66.0 Å². The van der Waals surface area contributed by atoms with Gasteiger partial charge in [-0.2, -0.15) is 5.10 Å². The van der Waals surface area contributed by atoms with E-state index in [1.165, 1.54) is 28.8 Å². The van der Waals surface area contributed by atoms with Crippen molar-refractivity contribution in [3.05, 3.63) is 88.6 Å². The van der Waals surface area contributed by atoms with E-state index in [-0.39, 0.29) is 35.2 Å². The molecule has 1 N–H and O–H groups in total. The summed E-state index contributed by atoms with van der Waals surface area (Å²) in [4.78, 5) is 29.0. The Hall–Kier alpha value is -3.47. The largest absolute Gasteiger partial charge is 0.383 e. The summed E-state index contributed by atoms with van der Waals surface area (Å²) in [6.45, 7) is 2.56. The molecule has 0 saturated heterocycles. The molecule has 0 spiro atoms. The zero-order valence-electron chi connectivity index (χ0n) is 21.0. The van der Waals surface area contributed by atoms with Crippen molar-refractivity contribution in [3.8, 4) is 16.3 Å². The lowest BCUT2D eigenvalue weighted by Gasteiger charge is -2.23. The summed E-state index contributed by atoms with van der Waals surface area (Å²) in [5, 5.41) is 9.53. The van der Waals surface area contributed by atoms with Crippen molar-refractivity contribution in [1.82, 2.24) is 15.1 Å². The molecule has 7 nitrogen and oxygen atoms in total. The fourth-order valence-electron chi connectivity index (χ4n) is 4.37. The van der Waals surface area contributed by atoms with E-state index >= 15 is 0 Å². The number of rotatable bonds is 8. The van der Waals surface area contributed by atoms with Crippen LogP contribution in [-0.2, 0) is 14.3 Å². The third-order valence-corrected chi connectivity index (χ3v) is 8.36. The van der Waals surface area contributed by atoms with Gasteiger partial charge in [0, 0.05) is 19.2 Å². The Bertz CT molecular complexity index is 1420. The van der Waals surface area contributed by atoms with Crippen molar-refractivity contribution < 1.29 is 18.7 Å². The normalized spacial score (nSPS) is 15.3. The molecule has 0 bridgehead atoms. The third-order valence-electron chi connectivity index (χ3n) is 6.22. The van der Waals surface area contributed by atoms with Crippen molar-refractivity contribution in [3.63, 3.8) is 0 Å². The fourth-order valence-corrected chi connectivity index (χ4v) is 6.29. The Balaban J connectivity index is 1.72. The second kappa shape index (κ2) is 11.5. The zero-order chi connectivity index (χ0) is 26.6. The number of anilines is 1. The second-order valence-corrected chi connectivity index (χ2v) is 10.9. The molecular formula is C28H27FN4O3S2. The molecule has 1 atom stereocenters. The fraction of sp³-hybridized carbons (Fsp3) is 0.250. The van der Waals surface area contributed by atoms with Crippen molar-refractivity contribution in [2.24, 2.45) is 0 Å². The topological polar surface area (TPSA) is 76.5 Å². The average molecular weight is 551 g/mol. The van der Waals surface area contributed by atoms with Crippen LogP contribution in [0.3, 0.4) is 0 Å². The van der Waals surface area contributed by atoms with Crippen molar-refractivity contribution >= 4 is 40.7 Å². The van der Waals surface area contributed by atoms with Gasteiger partial charge in [-0.15, -0.1) is 23.1 Å². The molecule has 196 valence electrons. The number of benzene rings is 2. The highest BCUT2D eigenvalue weighted by Gasteiger charge is 2.37. The van der Waals surface area contributed by atoms with Crippen molar-refractivity contribution in [2.75, 3.05) is 37.5 Å². The number of aryl methyl sites for hydroxylation is 1. The molecule has 2 aromatic carbocycles. The first kappa shape index (κ1) is 26.1. The Labute approximate surface area is 228 Å². The summed E-state index contributed by atoms with van der Waals surface area (Å²) >= 11 is 3.01. The lowest BCUT2D eigenvalue weighted by molar-refractivity contribution is -0.123. The number of amides is 2. The number of methoxy groups -OCH3 is 1. The van der Waals surface area contributed by atoms with E-state index in [1.54, 1.807) is 35.3 Å². The van der Waals surface area contributed by atoms with Gasteiger partial charge in [-0.25, -0.2) is 9.07 Å². The Morgan fingerprint density at radius 2 is 1.92 bits per heavy atom. The van der Waals surface area contributed by atoms with Crippen LogP contribution in [0.25, 0.3) is 16.3 Å². The Kier molecular flexibility index (Phi) is 7.92. The molecule has 4 aromatic rings. The number of thioether (sulfide) groups is 1. The predicted molar refractivity (Wildman–Crippen MR) is 150 cm³/mol. The molecule has 2 amide bonds. The summed E-state index contributed by atoms with van der Waals surface area (Å²) in [5.74, 6) is -0.121. The van der Waals surface area contributed by atoms with E-state index in [0.29, 0.717) is 19.0 Å². The average Bonchev–Trinajstić information content (AvgIpc) is 3.55. The minimum Gasteiger partial charge on any atom is -0.383 e. The summed E-state index contributed by atoms with van der Waals surface area (Å²) in [7, 11) is 1.57. The maximum absolute atomic E-state index is 13.8. The number of nitrogens with zero attached hydrogens (tertiary/aromatic N) is 3. The molecule has 3 heterocycles. The molecule has 5 rings (SSSR count). The van der Waals surface area contributed by atoms with Gasteiger partial charge >= 0.3 is 0 Å². The van der Waals surface area contributed by atoms with Crippen LogP contribution in [0.2, 0.25) is 0 Å². The molecule has 0 aliphatic carbocycles. The summed E-state index contributed by atoms with van der Waals surface area (Å²) < 4.78 is 20.6. The molecule has 10 heteroatoms. The van der Waals surface area contributed by atoms with Gasteiger partial charge in [0.05, 0.1) is 28.2 Å². The Morgan fingerprint density at radius 3 is 2.61 bits per heavy atom. The number of halogens is 1. The number of carbonyl (C=O) groups excluding carboxylic acids is 2. The molecule has 38 heavy (non-hydrogen) atoms. The van der Waals surface area contributed by atoms with Crippen LogP contribution in [0.4, 0.5) is 10.2 Å². The molecule has 1 aliphatic rings. The number of hydrogen-bond acceptors (Lipinski definition) is 6. The molecular weight excluding hydrogens is 523 g/mol. The first-order valence-corrected chi connectivity index (χ1v) is 14.1. The first-order valence-electron chi connectivity index (χ1n) is 12.1. The number of fused-ring (bicyclic) bond motifs is 1. The van der Waals surface area contributed by atoms with E-state index in [9.17, 15) is 14.0 Å². The molecule has 0 saturated carbocycles. The molecule has 0 radical (unpaired) electrons. The van der Waals surface area contributed by atoms with Gasteiger partial charge in [-0.05, 0) is 48.2 Å². The zero-order valence-corrected chi connectivity index (χ0v) is 22.7. The quantitative estimate of drug-likeness (QED) is 0.313. The van der Waals surface area contributed by atoms with Crippen LogP contribution in [0, 0.1) is 12.7 Å². The van der Waals surface area contributed by atoms with Gasteiger partial charge in [0.2, 0.25) is 11.8 Å². The molecule has 0 fully saturated rings. The lowest BCUT2D eigenvalue weighted by atomic mass is 10.0. The van der Waals surface area contributed by atoms with E-state index < -0.39 is 0 Å². The van der Waals surface area contributed by atoms with Gasteiger partial charge in [0.15, 0.2) is 0 Å². The van der Waals surface area contributed by atoms with E-state index in [0.717, 1.165) is 32.9 Å². The van der Waals surface area contributed by atoms with Crippen LogP contribution < -0.4 is 10.2 Å². The standard InChI is InChI=1S/C28H27FN4O3S2/c1-18-5-11-21(12-6-18)33-28-25(26(31-33)22-4-3-15-37-22)27(19-7-9-20(29)10-8-19)38-17-24(35)32(28)16-23(34)30-13-14-36-2/h3-12,15,27H,13-14,16-17H2,1-2H3,(H,30,34)/t27-/m0/s1. The van der Waals surface area contributed by atoms with Crippen molar-refractivity contribution in [2.45, 2.75) is 12.2 Å². The van der Waals surface area contributed by atoms with E-state index in [1.807, 2.05) is 48.7 Å². The highest BCUT2D eigenvalue weighted by Crippen LogP contribution is 2.49. The highest BCUT2D eigenvalue weighted by atomic mass is 32.2. The van der Waals surface area contributed by atoms with Crippen molar-refractivity contribution in [1.29, 1.82) is 0 Å². The summed E-state index contributed by atoms with van der Waals surface area (Å²) in [6, 6.07) is 18.2. The molecule has 0 unspecified atom stereocenters. The summed E-state index contributed by atoms with van der Waals surface area (Å²) in [5.41, 5.74) is 4.28. The number of hydrogen-bond donors (Lipinski definition) is 1. The van der Waals surface area contributed by atoms with Gasteiger partial charge in [-0.1, -0.05) is 35.9 Å². The first-order chi connectivity index (χ1) is 18.5. The lowest BCUT2D eigenvalue weighted by Crippen LogP contribution is -2.43. The third kappa shape index (κ3) is 5.38. The molecule has 2 aromatic heterocycles. The van der Waals surface area contributed by atoms with E-state index in [2.05, 4.69) is 5.32 Å². The number of thiophene rings is 1. The molecule has 1 aliphatic heterocycles.